The Morgan fingerprint density at radius 1 is 1.21 bits per heavy atom. The maximum absolute atomic E-state index is 12.8. The molecule has 2 aliphatic carbocycles. The first-order chi connectivity index (χ1) is 16.6. The number of piperidine rings is 1. The molecule has 3 fully saturated rings. The van der Waals surface area contributed by atoms with Gasteiger partial charge in [-0.2, -0.15) is 0 Å². The van der Waals surface area contributed by atoms with Crippen LogP contribution in [0.25, 0.3) is 0 Å². The molecule has 2 heterocycles. The lowest BCUT2D eigenvalue weighted by Crippen LogP contribution is -2.68. The third kappa shape index (κ3) is 4.14. The lowest BCUT2D eigenvalue weighted by molar-refractivity contribution is -0.143. The van der Waals surface area contributed by atoms with Crippen LogP contribution in [0.4, 0.5) is 0 Å². The normalized spacial score (nSPS) is 30.2. The molecule has 6 rings (SSSR count). The second-order valence-corrected chi connectivity index (χ2v) is 10.8. The summed E-state index contributed by atoms with van der Waals surface area (Å²) in [6.45, 7) is 2.94. The second kappa shape index (κ2) is 9.01. The van der Waals surface area contributed by atoms with Gasteiger partial charge in [-0.3, -0.25) is 9.69 Å². The van der Waals surface area contributed by atoms with Gasteiger partial charge in [0.2, 0.25) is 5.91 Å². The van der Waals surface area contributed by atoms with Crippen LogP contribution < -0.4 is 10.1 Å². The highest BCUT2D eigenvalue weighted by Crippen LogP contribution is 2.52. The highest BCUT2D eigenvalue weighted by atomic mass is 16.5. The van der Waals surface area contributed by atoms with Crippen LogP contribution >= 0.6 is 0 Å². The number of hydrogen-bond acceptors (Lipinski definition) is 4. The molecule has 4 aliphatic rings. The predicted molar refractivity (Wildman–Crippen MR) is 132 cm³/mol. The van der Waals surface area contributed by atoms with E-state index in [9.17, 15) is 4.79 Å². The Bertz CT molecular complexity index is 1040. The molecule has 1 N–H and O–H groups in total. The van der Waals surface area contributed by atoms with E-state index in [0.29, 0.717) is 19.1 Å². The van der Waals surface area contributed by atoms with E-state index in [0.717, 1.165) is 43.9 Å². The van der Waals surface area contributed by atoms with Crippen LogP contribution in [0.15, 0.2) is 48.5 Å². The highest BCUT2D eigenvalue weighted by Gasteiger charge is 2.57. The van der Waals surface area contributed by atoms with Gasteiger partial charge in [0.1, 0.15) is 5.75 Å². The van der Waals surface area contributed by atoms with Crippen molar-refractivity contribution in [2.75, 3.05) is 26.8 Å². The Labute approximate surface area is 202 Å². The summed E-state index contributed by atoms with van der Waals surface area (Å²) in [5, 5.41) is 3.32. The van der Waals surface area contributed by atoms with Crippen LogP contribution in [-0.2, 0) is 27.8 Å². The fourth-order valence-corrected chi connectivity index (χ4v) is 6.76. The minimum Gasteiger partial charge on any atom is -0.497 e. The van der Waals surface area contributed by atoms with Crippen molar-refractivity contribution in [3.63, 3.8) is 0 Å². The fraction of sp³-hybridized carbons (Fsp3) is 0.552. The van der Waals surface area contributed by atoms with Gasteiger partial charge in [0, 0.05) is 24.4 Å². The van der Waals surface area contributed by atoms with E-state index in [1.165, 1.54) is 36.1 Å². The van der Waals surface area contributed by atoms with Crippen molar-refractivity contribution in [3.05, 3.63) is 65.2 Å². The highest BCUT2D eigenvalue weighted by molar-refractivity contribution is 5.76. The van der Waals surface area contributed by atoms with Crippen LogP contribution in [0.5, 0.6) is 5.75 Å². The van der Waals surface area contributed by atoms with E-state index in [1.54, 1.807) is 7.11 Å². The molecule has 34 heavy (non-hydrogen) atoms. The average Bonchev–Trinajstić information content (AvgIpc) is 3.69. The maximum Gasteiger partial charge on any atom is 0.220 e. The summed E-state index contributed by atoms with van der Waals surface area (Å²) in [5.74, 6) is 1.92. The summed E-state index contributed by atoms with van der Waals surface area (Å²) in [6, 6.07) is 17.3. The van der Waals surface area contributed by atoms with Gasteiger partial charge in [0.25, 0.3) is 0 Å². The number of nitrogens with zero attached hydrogens (tertiary/aromatic N) is 1. The van der Waals surface area contributed by atoms with E-state index in [4.69, 9.17) is 9.47 Å². The third-order valence-electron chi connectivity index (χ3n) is 8.62. The van der Waals surface area contributed by atoms with Crippen LogP contribution in [0.2, 0.25) is 0 Å². The molecule has 2 unspecified atom stereocenters. The van der Waals surface area contributed by atoms with Crippen molar-refractivity contribution in [2.45, 2.75) is 68.5 Å². The molecule has 1 saturated carbocycles. The zero-order chi connectivity index (χ0) is 23.1. The SMILES string of the molecule is COc1ccc2c(c1)[C@@]13CCN(CC4CC4)[C@@H](C2)C1OCC(NC(=O)CCc1ccccc1)C3. The van der Waals surface area contributed by atoms with Crippen LogP contribution in [-0.4, -0.2) is 55.8 Å². The number of carbonyl (C=O) groups excluding carboxylic acids is 1. The number of hydrogen-bond donors (Lipinski definition) is 1. The zero-order valence-electron chi connectivity index (χ0n) is 20.2. The molecular weight excluding hydrogens is 424 g/mol. The summed E-state index contributed by atoms with van der Waals surface area (Å²) in [5.41, 5.74) is 3.97. The van der Waals surface area contributed by atoms with E-state index in [-0.39, 0.29) is 23.5 Å². The van der Waals surface area contributed by atoms with Gasteiger partial charge in [-0.05, 0) is 79.8 Å². The van der Waals surface area contributed by atoms with E-state index < -0.39 is 0 Å². The van der Waals surface area contributed by atoms with Crippen molar-refractivity contribution in [2.24, 2.45) is 5.92 Å². The van der Waals surface area contributed by atoms with Gasteiger partial charge in [0.15, 0.2) is 0 Å². The molecule has 0 radical (unpaired) electrons. The summed E-state index contributed by atoms with van der Waals surface area (Å²) in [4.78, 5) is 15.6. The van der Waals surface area contributed by atoms with E-state index >= 15 is 0 Å². The smallest absolute Gasteiger partial charge is 0.220 e. The molecule has 2 aliphatic heterocycles. The Kier molecular flexibility index (Phi) is 5.86. The molecule has 5 nitrogen and oxygen atoms in total. The van der Waals surface area contributed by atoms with Crippen molar-refractivity contribution in [1.82, 2.24) is 10.2 Å². The van der Waals surface area contributed by atoms with Crippen molar-refractivity contribution in [1.29, 1.82) is 0 Å². The Hall–Kier alpha value is -2.37. The lowest BCUT2D eigenvalue weighted by Gasteiger charge is -2.59. The van der Waals surface area contributed by atoms with Gasteiger partial charge >= 0.3 is 0 Å². The Morgan fingerprint density at radius 2 is 2.06 bits per heavy atom. The first kappa shape index (κ1) is 22.1. The van der Waals surface area contributed by atoms with E-state index in [2.05, 4.69) is 40.5 Å². The first-order valence-electron chi connectivity index (χ1n) is 13.0. The number of ether oxygens (including phenoxy) is 2. The summed E-state index contributed by atoms with van der Waals surface area (Å²) < 4.78 is 12.3. The minimum absolute atomic E-state index is 0.0484. The largest absolute Gasteiger partial charge is 0.497 e. The number of rotatable bonds is 7. The first-order valence-corrected chi connectivity index (χ1v) is 13.0. The number of nitrogens with one attached hydrogen (secondary N) is 1. The van der Waals surface area contributed by atoms with Crippen LogP contribution in [0.3, 0.4) is 0 Å². The van der Waals surface area contributed by atoms with Gasteiger partial charge in [0.05, 0.1) is 25.9 Å². The molecule has 2 aromatic rings. The van der Waals surface area contributed by atoms with Gasteiger partial charge in [-0.15, -0.1) is 0 Å². The number of fused-ring (bicyclic) bond motifs is 1. The monoisotopic (exact) mass is 460 g/mol. The second-order valence-electron chi connectivity index (χ2n) is 10.8. The summed E-state index contributed by atoms with van der Waals surface area (Å²) in [7, 11) is 1.74. The average molecular weight is 461 g/mol. The van der Waals surface area contributed by atoms with Crippen LogP contribution in [0, 0.1) is 5.92 Å². The third-order valence-corrected chi connectivity index (χ3v) is 8.62. The number of amides is 1. The molecule has 0 spiro atoms. The molecule has 2 saturated heterocycles. The number of carbonyl (C=O) groups is 1. The summed E-state index contributed by atoms with van der Waals surface area (Å²) in [6.07, 6.45) is 7.31. The molecule has 1 amide bonds. The summed E-state index contributed by atoms with van der Waals surface area (Å²) >= 11 is 0. The Morgan fingerprint density at radius 3 is 2.85 bits per heavy atom. The quantitative estimate of drug-likeness (QED) is 0.681. The number of benzene rings is 2. The minimum atomic E-state index is -0.0531. The molecule has 2 aromatic carbocycles. The maximum atomic E-state index is 12.8. The predicted octanol–water partition coefficient (Wildman–Crippen LogP) is 3.88. The zero-order valence-corrected chi connectivity index (χ0v) is 20.2. The van der Waals surface area contributed by atoms with Crippen molar-refractivity contribution in [3.8, 4) is 5.75 Å². The molecular formula is C29H36N2O3. The van der Waals surface area contributed by atoms with Crippen molar-refractivity contribution >= 4 is 5.91 Å². The number of methoxy groups -OCH3 is 1. The number of likely N-dealkylation sites (tertiary alicyclic amines) is 1. The molecule has 5 heteroatoms. The Balaban J connectivity index is 1.22. The van der Waals surface area contributed by atoms with Crippen molar-refractivity contribution < 1.29 is 14.3 Å². The topological polar surface area (TPSA) is 50.8 Å². The molecule has 0 aromatic heterocycles. The standard InChI is InChI=1S/C29H36N2O3/c1-33-24-11-10-22-15-26-28-29(25(22)16-24,13-14-31(26)18-21-7-8-21)17-23(19-34-28)30-27(32)12-9-20-5-3-2-4-6-20/h2-6,10-11,16,21,23,26,28H,7-9,12-15,17-19H2,1H3,(H,30,32)/t23?,26-,28?,29-/m0/s1. The van der Waals surface area contributed by atoms with E-state index in [1.807, 2.05) is 18.2 Å². The van der Waals surface area contributed by atoms with Gasteiger partial charge in [-0.1, -0.05) is 36.4 Å². The molecule has 4 atom stereocenters. The van der Waals surface area contributed by atoms with Gasteiger partial charge < -0.3 is 14.8 Å². The number of aryl methyl sites for hydroxylation is 1. The van der Waals surface area contributed by atoms with Crippen LogP contribution in [0.1, 0.15) is 48.8 Å². The molecule has 180 valence electrons. The molecule has 2 bridgehead atoms. The van der Waals surface area contributed by atoms with Gasteiger partial charge in [-0.25, -0.2) is 0 Å². The fourth-order valence-electron chi connectivity index (χ4n) is 6.76. The lowest BCUT2D eigenvalue weighted by atomic mass is 9.58.